The minimum absolute atomic E-state index is 0.0277. The lowest BCUT2D eigenvalue weighted by Crippen LogP contribution is -2.35. The number of nitrogens with zero attached hydrogens (tertiary/aromatic N) is 4. The summed E-state index contributed by atoms with van der Waals surface area (Å²) in [5, 5.41) is 10.7. The van der Waals surface area contributed by atoms with Crippen LogP contribution in [0.15, 0.2) is 28.6 Å². The van der Waals surface area contributed by atoms with E-state index in [4.69, 9.17) is 6.42 Å². The zero-order chi connectivity index (χ0) is 17.6. The topological polar surface area (TPSA) is 87.0 Å². The number of pyridine rings is 1. The molecule has 0 saturated carbocycles. The van der Waals surface area contributed by atoms with Gasteiger partial charge in [-0.25, -0.2) is 4.98 Å². The fourth-order valence-corrected chi connectivity index (χ4v) is 2.26. The molecule has 0 aliphatic carbocycles. The number of anilines is 1. The number of rotatable bonds is 8. The summed E-state index contributed by atoms with van der Waals surface area (Å²) in [7, 11) is 1.60. The third-order valence-electron chi connectivity index (χ3n) is 3.78. The van der Waals surface area contributed by atoms with Gasteiger partial charge < -0.3 is 10.2 Å². The molecule has 0 radical (unpaired) electrons. The van der Waals surface area contributed by atoms with Crippen LogP contribution < -0.4 is 5.32 Å². The van der Waals surface area contributed by atoms with Crippen molar-refractivity contribution in [2.45, 2.75) is 38.3 Å². The van der Waals surface area contributed by atoms with Crippen LogP contribution in [-0.4, -0.2) is 41.0 Å². The van der Waals surface area contributed by atoms with Gasteiger partial charge in [0.15, 0.2) is 5.66 Å². The Labute approximate surface area is 141 Å². The Kier molecular flexibility index (Phi) is 5.64. The highest BCUT2D eigenvalue weighted by Gasteiger charge is 2.39. The zero-order valence-corrected chi connectivity index (χ0v) is 14.0. The molecule has 1 aliphatic heterocycles. The minimum Gasteiger partial charge on any atom is -0.336 e. The van der Waals surface area contributed by atoms with Gasteiger partial charge >= 0.3 is 0 Å². The van der Waals surface area contributed by atoms with Gasteiger partial charge in [-0.1, -0.05) is 0 Å². The lowest BCUT2D eigenvalue weighted by molar-refractivity contribution is -0.133. The number of carbonyl (C=O) groups excluding carboxylic acids is 2. The molecule has 0 saturated heterocycles. The fourth-order valence-electron chi connectivity index (χ4n) is 2.26. The highest BCUT2D eigenvalue weighted by Crippen LogP contribution is 2.37. The molecule has 1 aromatic heterocycles. The third-order valence-corrected chi connectivity index (χ3v) is 3.78. The number of aryl methyl sites for hydroxylation is 1. The average Bonchev–Trinajstić information content (AvgIpc) is 3.31. The number of amides is 2. The van der Waals surface area contributed by atoms with E-state index >= 15 is 0 Å². The van der Waals surface area contributed by atoms with E-state index in [9.17, 15) is 9.59 Å². The quantitative estimate of drug-likeness (QED) is 0.742. The molecule has 0 bridgehead atoms. The van der Waals surface area contributed by atoms with Crippen LogP contribution >= 0.6 is 0 Å². The summed E-state index contributed by atoms with van der Waals surface area (Å²) in [4.78, 5) is 29.6. The van der Waals surface area contributed by atoms with Gasteiger partial charge in [-0.3, -0.25) is 9.59 Å². The van der Waals surface area contributed by atoms with E-state index in [1.807, 2.05) is 13.0 Å². The Hall–Kier alpha value is -2.75. The molecule has 1 aromatic rings. The van der Waals surface area contributed by atoms with E-state index < -0.39 is 5.66 Å². The van der Waals surface area contributed by atoms with Crippen molar-refractivity contribution in [1.29, 1.82) is 0 Å². The predicted molar refractivity (Wildman–Crippen MR) is 90.1 cm³/mol. The second-order valence-corrected chi connectivity index (χ2v) is 5.90. The maximum atomic E-state index is 12.1. The standard InChI is InChI=1S/C17H21N5O2/c1-4-5-8-17(20-21-17)9-6-16(24)22(3)12-15(23)19-14-11-13(2)7-10-18-14/h1,7,10-11H,5-6,8-9,12H2,2-3H3,(H,18,19,23). The Morgan fingerprint density at radius 1 is 1.38 bits per heavy atom. The van der Waals surface area contributed by atoms with Crippen molar-refractivity contribution in [3.63, 3.8) is 0 Å². The lowest BCUT2D eigenvalue weighted by Gasteiger charge is -2.17. The van der Waals surface area contributed by atoms with E-state index in [0.717, 1.165) is 5.56 Å². The van der Waals surface area contributed by atoms with Gasteiger partial charge in [-0.15, -0.1) is 12.3 Å². The van der Waals surface area contributed by atoms with Gasteiger partial charge in [0, 0.05) is 38.9 Å². The largest absolute Gasteiger partial charge is 0.336 e. The van der Waals surface area contributed by atoms with Crippen molar-refractivity contribution in [1.82, 2.24) is 9.88 Å². The van der Waals surface area contributed by atoms with Crippen molar-refractivity contribution in [2.24, 2.45) is 10.2 Å². The summed E-state index contributed by atoms with van der Waals surface area (Å²) in [5.41, 5.74) is 0.523. The van der Waals surface area contributed by atoms with Crippen LogP contribution in [0.4, 0.5) is 5.82 Å². The van der Waals surface area contributed by atoms with Gasteiger partial charge in [-0.05, 0) is 24.6 Å². The smallest absolute Gasteiger partial charge is 0.245 e. The molecule has 2 amide bonds. The van der Waals surface area contributed by atoms with E-state index in [1.165, 1.54) is 4.90 Å². The number of nitrogens with one attached hydrogen (secondary N) is 1. The normalized spacial score (nSPS) is 13.9. The number of carbonyl (C=O) groups is 2. The molecule has 24 heavy (non-hydrogen) atoms. The molecule has 1 N–H and O–H groups in total. The Bertz CT molecular complexity index is 686. The van der Waals surface area contributed by atoms with Crippen LogP contribution in [0.3, 0.4) is 0 Å². The molecule has 1 aliphatic rings. The highest BCUT2D eigenvalue weighted by atomic mass is 16.2. The molecule has 126 valence electrons. The number of likely N-dealkylation sites (N-methyl/N-ethyl adjacent to an activating group) is 1. The lowest BCUT2D eigenvalue weighted by atomic mass is 10.0. The van der Waals surface area contributed by atoms with Crippen LogP contribution in [-0.2, 0) is 9.59 Å². The van der Waals surface area contributed by atoms with Crippen molar-refractivity contribution < 1.29 is 9.59 Å². The Balaban J connectivity index is 1.75. The number of hydrogen-bond donors (Lipinski definition) is 1. The molecule has 0 atom stereocenters. The first-order chi connectivity index (χ1) is 11.4. The molecule has 0 spiro atoms. The maximum absolute atomic E-state index is 12.1. The fraction of sp³-hybridized carbons (Fsp3) is 0.471. The van der Waals surface area contributed by atoms with Crippen LogP contribution in [0.25, 0.3) is 0 Å². The first kappa shape index (κ1) is 17.6. The summed E-state index contributed by atoms with van der Waals surface area (Å²) in [6.07, 6.45) is 8.92. The van der Waals surface area contributed by atoms with Crippen molar-refractivity contribution in [3.05, 3.63) is 23.9 Å². The molecule has 0 aromatic carbocycles. The first-order valence-electron chi connectivity index (χ1n) is 7.78. The maximum Gasteiger partial charge on any atom is 0.245 e. The van der Waals surface area contributed by atoms with Gasteiger partial charge in [-0.2, -0.15) is 10.2 Å². The van der Waals surface area contributed by atoms with Gasteiger partial charge in [0.05, 0.1) is 6.54 Å². The summed E-state index contributed by atoms with van der Waals surface area (Å²) in [5.74, 6) is 2.62. The van der Waals surface area contributed by atoms with Crippen LogP contribution in [0.5, 0.6) is 0 Å². The summed E-state index contributed by atoms with van der Waals surface area (Å²) in [6.45, 7) is 1.89. The van der Waals surface area contributed by atoms with E-state index in [1.54, 1.807) is 19.3 Å². The van der Waals surface area contributed by atoms with E-state index in [0.29, 0.717) is 25.1 Å². The number of terminal acetylenes is 1. The average molecular weight is 327 g/mol. The SMILES string of the molecule is C#CCCC1(CCC(=O)N(C)CC(=O)Nc2cc(C)ccn2)N=N1. The monoisotopic (exact) mass is 327 g/mol. The molecule has 7 nitrogen and oxygen atoms in total. The second kappa shape index (κ2) is 7.68. The van der Waals surface area contributed by atoms with Crippen LogP contribution in [0.2, 0.25) is 0 Å². The molecule has 0 unspecified atom stereocenters. The molecule has 2 heterocycles. The van der Waals surface area contributed by atoms with Crippen LogP contribution in [0, 0.1) is 19.3 Å². The number of hydrogen-bond acceptors (Lipinski definition) is 5. The summed E-state index contributed by atoms with van der Waals surface area (Å²) < 4.78 is 0. The zero-order valence-electron chi connectivity index (χ0n) is 14.0. The number of aromatic nitrogens is 1. The van der Waals surface area contributed by atoms with Crippen molar-refractivity contribution in [3.8, 4) is 12.3 Å². The van der Waals surface area contributed by atoms with Crippen molar-refractivity contribution >= 4 is 17.6 Å². The molecular weight excluding hydrogens is 306 g/mol. The summed E-state index contributed by atoms with van der Waals surface area (Å²) in [6, 6.07) is 3.61. The minimum atomic E-state index is -0.476. The molecule has 0 fully saturated rings. The molecular formula is C17H21N5O2. The van der Waals surface area contributed by atoms with Gasteiger partial charge in [0.25, 0.3) is 0 Å². The highest BCUT2D eigenvalue weighted by molar-refractivity contribution is 5.93. The Morgan fingerprint density at radius 2 is 2.12 bits per heavy atom. The van der Waals surface area contributed by atoms with Crippen molar-refractivity contribution in [2.75, 3.05) is 18.9 Å². The van der Waals surface area contributed by atoms with Crippen LogP contribution in [0.1, 0.15) is 31.2 Å². The predicted octanol–water partition coefficient (Wildman–Crippen LogP) is 2.14. The summed E-state index contributed by atoms with van der Waals surface area (Å²) >= 11 is 0. The van der Waals surface area contributed by atoms with E-state index in [2.05, 4.69) is 26.4 Å². The second-order valence-electron chi connectivity index (χ2n) is 5.90. The van der Waals surface area contributed by atoms with E-state index in [-0.39, 0.29) is 24.8 Å². The van der Waals surface area contributed by atoms with Gasteiger partial charge in [0.1, 0.15) is 5.82 Å². The van der Waals surface area contributed by atoms with Gasteiger partial charge in [0.2, 0.25) is 11.8 Å². The molecule has 7 heteroatoms. The molecule has 2 rings (SSSR count). The first-order valence-corrected chi connectivity index (χ1v) is 7.78. The third kappa shape index (κ3) is 5.16. The Morgan fingerprint density at radius 3 is 2.75 bits per heavy atom.